The molecule has 2 N–H and O–H groups in total. The standard InChI is InChI=1S/C22H22F3N3O3S/c1-14-12-18(15(2)28(14)20-7-5-4-6-19(20)22(23,24)25)21(29)27-26-17-10-8-16(9-11-17)13-32(3,30)31/h4-12,26H,13H2,1-3H3,(H,27,29). The molecule has 2 aromatic carbocycles. The quantitative estimate of drug-likeness (QED) is 0.529. The largest absolute Gasteiger partial charge is 0.418 e. The van der Waals surface area contributed by atoms with Crippen LogP contribution in [0.1, 0.15) is 32.9 Å². The number of hydrogen-bond donors (Lipinski definition) is 2. The number of nitrogens with zero attached hydrogens (tertiary/aromatic N) is 1. The molecule has 0 bridgehead atoms. The third-order valence-electron chi connectivity index (χ3n) is 4.83. The molecular weight excluding hydrogens is 443 g/mol. The molecule has 0 atom stereocenters. The zero-order valence-corrected chi connectivity index (χ0v) is 18.4. The van der Waals surface area contributed by atoms with E-state index in [9.17, 15) is 26.4 Å². The Bertz CT molecular complexity index is 1250. The number of amides is 1. The maximum atomic E-state index is 13.5. The Balaban J connectivity index is 1.80. The number of hydrogen-bond acceptors (Lipinski definition) is 4. The number of carbonyl (C=O) groups is 1. The number of aromatic nitrogens is 1. The van der Waals surface area contributed by atoms with Crippen molar-refractivity contribution >= 4 is 21.4 Å². The van der Waals surface area contributed by atoms with Crippen LogP contribution in [0.3, 0.4) is 0 Å². The van der Waals surface area contributed by atoms with Crippen LogP contribution in [0, 0.1) is 13.8 Å². The summed E-state index contributed by atoms with van der Waals surface area (Å²) in [6, 6.07) is 13.2. The second-order valence-corrected chi connectivity index (χ2v) is 9.62. The second kappa shape index (κ2) is 8.70. The lowest BCUT2D eigenvalue weighted by atomic mass is 10.1. The first-order valence-corrected chi connectivity index (χ1v) is 11.6. The van der Waals surface area contributed by atoms with Crippen molar-refractivity contribution in [3.63, 3.8) is 0 Å². The fourth-order valence-electron chi connectivity index (χ4n) is 3.46. The molecule has 3 aromatic rings. The van der Waals surface area contributed by atoms with E-state index in [1.54, 1.807) is 38.1 Å². The molecule has 1 aromatic heterocycles. The first-order chi connectivity index (χ1) is 14.9. The van der Waals surface area contributed by atoms with Crippen molar-refractivity contribution < 1.29 is 26.4 Å². The normalized spacial score (nSPS) is 11.9. The highest BCUT2D eigenvalue weighted by atomic mass is 32.2. The van der Waals surface area contributed by atoms with E-state index in [1.807, 2.05) is 0 Å². The average molecular weight is 465 g/mol. The number of benzene rings is 2. The number of hydrazine groups is 1. The van der Waals surface area contributed by atoms with Crippen molar-refractivity contribution in [3.05, 3.63) is 82.7 Å². The van der Waals surface area contributed by atoms with E-state index in [0.29, 0.717) is 22.6 Å². The molecule has 0 spiro atoms. The van der Waals surface area contributed by atoms with E-state index in [0.717, 1.165) is 12.3 Å². The topological polar surface area (TPSA) is 80.2 Å². The van der Waals surface area contributed by atoms with Crippen LogP contribution >= 0.6 is 0 Å². The van der Waals surface area contributed by atoms with Gasteiger partial charge in [0, 0.05) is 17.6 Å². The van der Waals surface area contributed by atoms with Gasteiger partial charge in [-0.25, -0.2) is 8.42 Å². The van der Waals surface area contributed by atoms with Gasteiger partial charge in [-0.2, -0.15) is 13.2 Å². The predicted molar refractivity (Wildman–Crippen MR) is 116 cm³/mol. The number of carbonyl (C=O) groups excluding carboxylic acids is 1. The number of alkyl halides is 3. The molecule has 0 aliphatic rings. The minimum atomic E-state index is -4.53. The number of para-hydroxylation sites is 1. The van der Waals surface area contributed by atoms with Crippen LogP contribution in [0.5, 0.6) is 0 Å². The van der Waals surface area contributed by atoms with Gasteiger partial charge in [0.1, 0.15) is 0 Å². The summed E-state index contributed by atoms with van der Waals surface area (Å²) in [5.74, 6) is -0.612. The molecule has 0 radical (unpaired) electrons. The molecule has 0 saturated heterocycles. The van der Waals surface area contributed by atoms with Crippen molar-refractivity contribution in [2.45, 2.75) is 25.8 Å². The summed E-state index contributed by atoms with van der Waals surface area (Å²) >= 11 is 0. The Labute approximate surface area is 184 Å². The van der Waals surface area contributed by atoms with Crippen LogP contribution in [0.25, 0.3) is 5.69 Å². The van der Waals surface area contributed by atoms with Gasteiger partial charge < -0.3 is 4.57 Å². The number of anilines is 1. The van der Waals surface area contributed by atoms with Crippen molar-refractivity contribution in [3.8, 4) is 5.69 Å². The second-order valence-electron chi connectivity index (χ2n) is 7.48. The fourth-order valence-corrected chi connectivity index (χ4v) is 4.25. The number of nitrogens with one attached hydrogen (secondary N) is 2. The highest BCUT2D eigenvalue weighted by Crippen LogP contribution is 2.35. The molecule has 1 heterocycles. The van der Waals surface area contributed by atoms with E-state index in [4.69, 9.17) is 0 Å². The molecular formula is C22H22F3N3O3S. The Kier molecular flexibility index (Phi) is 6.36. The van der Waals surface area contributed by atoms with E-state index < -0.39 is 27.5 Å². The lowest BCUT2D eigenvalue weighted by Gasteiger charge is -2.17. The molecule has 0 saturated carbocycles. The van der Waals surface area contributed by atoms with Gasteiger partial charge in [0.2, 0.25) is 0 Å². The number of aryl methyl sites for hydroxylation is 1. The molecule has 0 unspecified atom stereocenters. The summed E-state index contributed by atoms with van der Waals surface area (Å²) in [6.45, 7) is 3.21. The Morgan fingerprint density at radius 2 is 1.66 bits per heavy atom. The van der Waals surface area contributed by atoms with Crippen molar-refractivity contribution in [2.75, 3.05) is 11.7 Å². The average Bonchev–Trinajstić information content (AvgIpc) is 2.99. The third-order valence-corrected chi connectivity index (χ3v) is 5.69. The van der Waals surface area contributed by atoms with Crippen LogP contribution in [-0.2, 0) is 21.8 Å². The minimum Gasteiger partial charge on any atom is -0.317 e. The van der Waals surface area contributed by atoms with E-state index in [-0.39, 0.29) is 17.0 Å². The van der Waals surface area contributed by atoms with Crippen molar-refractivity contribution in [2.24, 2.45) is 0 Å². The van der Waals surface area contributed by atoms with Gasteiger partial charge in [0.25, 0.3) is 5.91 Å². The maximum absolute atomic E-state index is 13.5. The van der Waals surface area contributed by atoms with Crippen LogP contribution < -0.4 is 10.9 Å². The third kappa shape index (κ3) is 5.31. The van der Waals surface area contributed by atoms with Gasteiger partial charge in [-0.3, -0.25) is 15.6 Å². The summed E-state index contributed by atoms with van der Waals surface area (Å²) < 4.78 is 64.5. The van der Waals surface area contributed by atoms with E-state index in [1.165, 1.54) is 28.8 Å². The van der Waals surface area contributed by atoms with Gasteiger partial charge in [0.15, 0.2) is 9.84 Å². The lowest BCUT2D eigenvalue weighted by Crippen LogP contribution is -2.29. The molecule has 1 amide bonds. The summed E-state index contributed by atoms with van der Waals surface area (Å²) in [6.07, 6.45) is -3.39. The molecule has 10 heteroatoms. The van der Waals surface area contributed by atoms with Gasteiger partial charge in [0.05, 0.1) is 28.3 Å². The van der Waals surface area contributed by atoms with Crippen LogP contribution in [-0.4, -0.2) is 25.1 Å². The number of rotatable bonds is 6. The zero-order chi connectivity index (χ0) is 23.7. The van der Waals surface area contributed by atoms with E-state index in [2.05, 4.69) is 10.9 Å². The van der Waals surface area contributed by atoms with Crippen molar-refractivity contribution in [1.82, 2.24) is 9.99 Å². The predicted octanol–water partition coefficient (Wildman–Crippen LogP) is 4.41. The highest BCUT2D eigenvalue weighted by molar-refractivity contribution is 7.89. The molecule has 3 rings (SSSR count). The summed E-state index contributed by atoms with van der Waals surface area (Å²) in [7, 11) is -3.16. The highest BCUT2D eigenvalue weighted by Gasteiger charge is 2.34. The van der Waals surface area contributed by atoms with Crippen molar-refractivity contribution in [1.29, 1.82) is 0 Å². The molecule has 170 valence electrons. The molecule has 0 aliphatic heterocycles. The van der Waals surface area contributed by atoms with Gasteiger partial charge in [-0.05, 0) is 49.7 Å². The van der Waals surface area contributed by atoms with Gasteiger partial charge in [-0.1, -0.05) is 24.3 Å². The summed E-state index contributed by atoms with van der Waals surface area (Å²) in [5.41, 5.74) is 6.60. The Morgan fingerprint density at radius 1 is 1.03 bits per heavy atom. The van der Waals surface area contributed by atoms with Crippen LogP contribution in [0.2, 0.25) is 0 Å². The molecule has 32 heavy (non-hydrogen) atoms. The first kappa shape index (κ1) is 23.4. The molecule has 6 nitrogen and oxygen atoms in total. The van der Waals surface area contributed by atoms with E-state index >= 15 is 0 Å². The lowest BCUT2D eigenvalue weighted by molar-refractivity contribution is -0.137. The fraction of sp³-hybridized carbons (Fsp3) is 0.227. The maximum Gasteiger partial charge on any atom is 0.418 e. The minimum absolute atomic E-state index is 0.0523. The number of halogens is 3. The summed E-state index contributed by atoms with van der Waals surface area (Å²) in [4.78, 5) is 12.7. The summed E-state index contributed by atoms with van der Waals surface area (Å²) in [5, 5.41) is 0. The van der Waals surface area contributed by atoms with Crippen LogP contribution in [0.4, 0.5) is 18.9 Å². The zero-order valence-electron chi connectivity index (χ0n) is 17.6. The molecule has 0 aliphatic carbocycles. The van der Waals surface area contributed by atoms with Gasteiger partial charge >= 0.3 is 6.18 Å². The van der Waals surface area contributed by atoms with Crippen LogP contribution in [0.15, 0.2) is 54.6 Å². The Hall–Kier alpha value is -3.27. The SMILES string of the molecule is Cc1cc(C(=O)NNc2ccc(CS(C)(=O)=O)cc2)c(C)n1-c1ccccc1C(F)(F)F. The number of sulfone groups is 1. The monoisotopic (exact) mass is 465 g/mol. The first-order valence-electron chi connectivity index (χ1n) is 9.55. The Morgan fingerprint density at radius 3 is 2.25 bits per heavy atom. The van der Waals surface area contributed by atoms with Gasteiger partial charge in [-0.15, -0.1) is 0 Å². The smallest absolute Gasteiger partial charge is 0.317 e. The molecule has 0 fully saturated rings.